The topological polar surface area (TPSA) is 80.8 Å². The predicted molar refractivity (Wildman–Crippen MR) is 90.5 cm³/mol. The van der Waals surface area contributed by atoms with Crippen molar-refractivity contribution in [3.63, 3.8) is 0 Å². The minimum absolute atomic E-state index is 0.0423. The lowest BCUT2D eigenvalue weighted by molar-refractivity contribution is 0.403. The third-order valence-corrected chi connectivity index (χ3v) is 8.56. The number of sulfone groups is 1. The Hall–Kier alpha value is -0.290. The summed E-state index contributed by atoms with van der Waals surface area (Å²) in [4.78, 5) is 0.0423. The normalized spacial score (nSPS) is 20.8. The summed E-state index contributed by atoms with van der Waals surface area (Å²) in [5, 5.41) is -1.03. The molecule has 1 heterocycles. The van der Waals surface area contributed by atoms with E-state index in [1.165, 1.54) is 37.1 Å². The van der Waals surface area contributed by atoms with Crippen molar-refractivity contribution in [1.82, 2.24) is 4.31 Å². The second-order valence-electron chi connectivity index (χ2n) is 4.77. The molecule has 1 atom stereocenters. The summed E-state index contributed by atoms with van der Waals surface area (Å²) in [6, 6.07) is 4.38. The zero-order valence-electron chi connectivity index (χ0n) is 12.0. The van der Waals surface area contributed by atoms with Crippen LogP contribution < -0.4 is 4.74 Å². The maximum atomic E-state index is 12.8. The van der Waals surface area contributed by atoms with Crippen molar-refractivity contribution >= 4 is 47.6 Å². The van der Waals surface area contributed by atoms with Gasteiger partial charge in [0.1, 0.15) is 11.1 Å². The molecule has 1 saturated heterocycles. The SMILES string of the molecule is COc1ccc(S(=O)(=O)N2CCSC[C@H]2S(C)(=O)=O)cc1Br. The van der Waals surface area contributed by atoms with E-state index in [2.05, 4.69) is 15.9 Å². The first-order chi connectivity index (χ1) is 10.2. The highest BCUT2D eigenvalue weighted by Gasteiger charge is 2.39. The molecule has 6 nitrogen and oxygen atoms in total. The monoisotopic (exact) mass is 429 g/mol. The third-order valence-electron chi connectivity index (χ3n) is 3.26. The Labute approximate surface area is 143 Å². The Morgan fingerprint density at radius 2 is 2.00 bits per heavy atom. The molecule has 0 N–H and O–H groups in total. The Bertz CT molecular complexity index is 763. The fourth-order valence-electron chi connectivity index (χ4n) is 2.12. The van der Waals surface area contributed by atoms with E-state index in [0.717, 1.165) is 10.6 Å². The van der Waals surface area contributed by atoms with Gasteiger partial charge in [-0.25, -0.2) is 16.8 Å². The first kappa shape index (κ1) is 18.1. The van der Waals surface area contributed by atoms with Gasteiger partial charge in [0.2, 0.25) is 10.0 Å². The predicted octanol–water partition coefficient (Wildman–Crippen LogP) is 1.57. The smallest absolute Gasteiger partial charge is 0.244 e. The van der Waals surface area contributed by atoms with E-state index in [4.69, 9.17) is 4.74 Å². The van der Waals surface area contributed by atoms with Gasteiger partial charge in [-0.1, -0.05) is 0 Å². The van der Waals surface area contributed by atoms with Gasteiger partial charge >= 0.3 is 0 Å². The lowest BCUT2D eigenvalue weighted by Gasteiger charge is -2.33. The zero-order valence-corrected chi connectivity index (χ0v) is 16.1. The highest BCUT2D eigenvalue weighted by Crippen LogP contribution is 2.31. The number of ether oxygens (including phenoxy) is 1. The molecule has 1 aromatic rings. The van der Waals surface area contributed by atoms with Crippen molar-refractivity contribution in [2.75, 3.05) is 31.4 Å². The molecule has 0 unspecified atom stereocenters. The molecule has 124 valence electrons. The molecule has 22 heavy (non-hydrogen) atoms. The number of hydrogen-bond acceptors (Lipinski definition) is 6. The van der Waals surface area contributed by atoms with E-state index in [0.29, 0.717) is 16.0 Å². The van der Waals surface area contributed by atoms with Crippen LogP contribution in [0.25, 0.3) is 0 Å². The molecule has 10 heteroatoms. The molecule has 1 aliphatic rings. The van der Waals surface area contributed by atoms with Crippen molar-refractivity contribution < 1.29 is 21.6 Å². The summed E-state index contributed by atoms with van der Waals surface area (Å²) in [6.45, 7) is 0.175. The van der Waals surface area contributed by atoms with Gasteiger partial charge in [0.05, 0.1) is 16.5 Å². The summed E-state index contributed by atoms with van der Waals surface area (Å²) in [6.07, 6.45) is 1.07. The molecule has 1 aliphatic heterocycles. The van der Waals surface area contributed by atoms with Gasteiger partial charge in [-0.15, -0.1) is 0 Å². The number of methoxy groups -OCH3 is 1. The van der Waals surface area contributed by atoms with Gasteiger partial charge in [-0.05, 0) is 34.1 Å². The number of sulfonamides is 1. The third kappa shape index (κ3) is 3.61. The van der Waals surface area contributed by atoms with Crippen molar-refractivity contribution in [2.45, 2.75) is 10.3 Å². The van der Waals surface area contributed by atoms with Gasteiger partial charge < -0.3 is 4.74 Å². The van der Waals surface area contributed by atoms with Gasteiger partial charge in [0.15, 0.2) is 9.84 Å². The molecular formula is C12H16BrNO5S3. The second-order valence-corrected chi connectivity index (χ2v) is 10.9. The molecular weight excluding hydrogens is 414 g/mol. The quantitative estimate of drug-likeness (QED) is 0.722. The number of hydrogen-bond donors (Lipinski definition) is 0. The average Bonchev–Trinajstić information content (AvgIpc) is 2.46. The molecule has 0 aliphatic carbocycles. The van der Waals surface area contributed by atoms with Crippen LogP contribution in [-0.2, 0) is 19.9 Å². The van der Waals surface area contributed by atoms with Crippen molar-refractivity contribution in [2.24, 2.45) is 0 Å². The molecule has 0 saturated carbocycles. The maximum absolute atomic E-state index is 12.8. The molecule has 0 bridgehead atoms. The van der Waals surface area contributed by atoms with Crippen LogP contribution in [0, 0.1) is 0 Å². The van der Waals surface area contributed by atoms with Crippen LogP contribution in [0.3, 0.4) is 0 Å². The van der Waals surface area contributed by atoms with E-state index >= 15 is 0 Å². The Morgan fingerprint density at radius 3 is 2.55 bits per heavy atom. The minimum Gasteiger partial charge on any atom is -0.496 e. The summed E-state index contributed by atoms with van der Waals surface area (Å²) in [7, 11) is -5.90. The van der Waals surface area contributed by atoms with Crippen molar-refractivity contribution in [3.8, 4) is 5.75 Å². The molecule has 0 amide bonds. The van der Waals surface area contributed by atoms with Gasteiger partial charge in [0, 0.05) is 24.3 Å². The van der Waals surface area contributed by atoms with E-state index in [-0.39, 0.29) is 17.2 Å². The fourth-order valence-corrected chi connectivity index (χ4v) is 8.01. The Morgan fingerprint density at radius 1 is 1.32 bits per heavy atom. The number of benzene rings is 1. The van der Waals surface area contributed by atoms with Crippen molar-refractivity contribution in [1.29, 1.82) is 0 Å². The van der Waals surface area contributed by atoms with Crippen LogP contribution in [0.5, 0.6) is 5.75 Å². The molecule has 1 fully saturated rings. The van der Waals surface area contributed by atoms with Crippen LogP contribution in [-0.4, -0.2) is 57.9 Å². The van der Waals surface area contributed by atoms with Gasteiger partial charge in [-0.2, -0.15) is 16.1 Å². The number of halogens is 1. The van der Waals surface area contributed by atoms with Crippen molar-refractivity contribution in [3.05, 3.63) is 22.7 Å². The van der Waals surface area contributed by atoms with Crippen LogP contribution in [0.1, 0.15) is 0 Å². The first-order valence-electron chi connectivity index (χ1n) is 6.30. The molecule has 0 radical (unpaired) electrons. The molecule has 2 rings (SSSR count). The van der Waals surface area contributed by atoms with Crippen LogP contribution >= 0.6 is 27.7 Å². The molecule has 1 aromatic carbocycles. The second kappa shape index (κ2) is 6.68. The van der Waals surface area contributed by atoms with Crippen LogP contribution in [0.15, 0.2) is 27.6 Å². The van der Waals surface area contributed by atoms with E-state index in [1.54, 1.807) is 0 Å². The fraction of sp³-hybridized carbons (Fsp3) is 0.500. The highest BCUT2D eigenvalue weighted by atomic mass is 79.9. The van der Waals surface area contributed by atoms with Crippen LogP contribution in [0.2, 0.25) is 0 Å². The summed E-state index contributed by atoms with van der Waals surface area (Å²) in [5.74, 6) is 1.32. The summed E-state index contributed by atoms with van der Waals surface area (Å²) < 4.78 is 56.0. The molecule has 0 aromatic heterocycles. The average molecular weight is 430 g/mol. The highest BCUT2D eigenvalue weighted by molar-refractivity contribution is 9.10. The number of nitrogens with zero attached hydrogens (tertiary/aromatic N) is 1. The largest absolute Gasteiger partial charge is 0.496 e. The van der Waals surface area contributed by atoms with Crippen LogP contribution in [0.4, 0.5) is 0 Å². The maximum Gasteiger partial charge on any atom is 0.244 e. The number of rotatable bonds is 4. The number of thioether (sulfide) groups is 1. The van der Waals surface area contributed by atoms with E-state index in [9.17, 15) is 16.8 Å². The standard InChI is InChI=1S/C12H16BrNO5S3/c1-19-11-4-3-9(7-10(11)13)22(17,18)14-5-6-20-8-12(14)21(2,15)16/h3-4,7,12H,5-6,8H2,1-2H3/t12-/m1/s1. The summed E-state index contributed by atoms with van der Waals surface area (Å²) in [5.41, 5.74) is 0. The Balaban J connectivity index is 2.46. The summed E-state index contributed by atoms with van der Waals surface area (Å²) >= 11 is 4.69. The van der Waals surface area contributed by atoms with Gasteiger partial charge in [-0.3, -0.25) is 0 Å². The van der Waals surface area contributed by atoms with E-state index in [1.807, 2.05) is 0 Å². The zero-order chi connectivity index (χ0) is 16.5. The first-order valence-corrected chi connectivity index (χ1v) is 11.6. The lowest BCUT2D eigenvalue weighted by Crippen LogP contribution is -2.49. The Kier molecular flexibility index (Phi) is 5.48. The lowest BCUT2D eigenvalue weighted by atomic mass is 10.3. The van der Waals surface area contributed by atoms with E-state index < -0.39 is 25.2 Å². The van der Waals surface area contributed by atoms with Gasteiger partial charge in [0.25, 0.3) is 0 Å². The minimum atomic E-state index is -3.89. The molecule has 0 spiro atoms.